The smallest absolute Gasteiger partial charge is 0.420 e. The Bertz CT molecular complexity index is 951. The molecule has 0 aliphatic rings. The molecule has 0 fully saturated rings. The van der Waals surface area contributed by atoms with E-state index in [1.807, 2.05) is 0 Å². The van der Waals surface area contributed by atoms with Crippen molar-refractivity contribution in [2.75, 3.05) is 11.4 Å². The van der Waals surface area contributed by atoms with E-state index in [2.05, 4.69) is 11.6 Å². The highest BCUT2D eigenvalue weighted by Gasteiger charge is 2.41. The third-order valence-electron chi connectivity index (χ3n) is 4.31. The van der Waals surface area contributed by atoms with Crippen molar-refractivity contribution in [1.82, 2.24) is 4.98 Å². The fourth-order valence-corrected chi connectivity index (χ4v) is 2.79. The van der Waals surface area contributed by atoms with Crippen LogP contribution in [0.1, 0.15) is 35.0 Å². The number of hydrogen-bond acceptors (Lipinski definition) is 6. The maximum absolute atomic E-state index is 13.7. The number of hydrogen-bond donors (Lipinski definition) is 1. The molecule has 0 bridgehead atoms. The summed E-state index contributed by atoms with van der Waals surface area (Å²) >= 11 is 0. The molecule has 1 aromatic heterocycles. The van der Waals surface area contributed by atoms with Gasteiger partial charge >= 0.3 is 17.8 Å². The molecule has 31 heavy (non-hydrogen) atoms. The van der Waals surface area contributed by atoms with Gasteiger partial charge in [-0.2, -0.15) is 13.2 Å². The first-order valence-corrected chi connectivity index (χ1v) is 9.09. The number of alkyl halides is 3. The van der Waals surface area contributed by atoms with E-state index in [4.69, 9.17) is 4.74 Å². The van der Waals surface area contributed by atoms with Gasteiger partial charge in [-0.25, -0.2) is 9.78 Å². The van der Waals surface area contributed by atoms with Crippen molar-refractivity contribution in [3.63, 3.8) is 0 Å². The van der Waals surface area contributed by atoms with E-state index in [0.29, 0.717) is 0 Å². The SMILES string of the molecule is C=CCCN(c1nc(C(=O)O)c([N+](=O)[O-])cc1C(F)(F)F)C(C)OCc1ccccc1. The molecule has 0 spiro atoms. The Morgan fingerprint density at radius 3 is 2.55 bits per heavy atom. The van der Waals surface area contributed by atoms with Crippen molar-refractivity contribution in [2.24, 2.45) is 0 Å². The highest BCUT2D eigenvalue weighted by Crippen LogP contribution is 2.39. The molecule has 0 radical (unpaired) electrons. The first kappa shape index (κ1) is 23.8. The first-order chi connectivity index (χ1) is 14.6. The third-order valence-corrected chi connectivity index (χ3v) is 4.31. The van der Waals surface area contributed by atoms with E-state index in [9.17, 15) is 33.2 Å². The maximum atomic E-state index is 13.7. The highest BCUT2D eigenvalue weighted by molar-refractivity contribution is 5.91. The van der Waals surface area contributed by atoms with Crippen molar-refractivity contribution in [3.8, 4) is 0 Å². The summed E-state index contributed by atoms with van der Waals surface area (Å²) in [5.41, 5.74) is -2.99. The molecule has 1 heterocycles. The number of carboxylic acids is 1. The topological polar surface area (TPSA) is 106 Å². The predicted octanol–water partition coefficient (Wildman–Crippen LogP) is 4.65. The van der Waals surface area contributed by atoms with Crippen LogP contribution in [-0.4, -0.2) is 33.8 Å². The number of aromatic carboxylic acids is 1. The van der Waals surface area contributed by atoms with Crippen molar-refractivity contribution >= 4 is 17.5 Å². The van der Waals surface area contributed by atoms with Gasteiger partial charge in [-0.15, -0.1) is 6.58 Å². The second kappa shape index (κ2) is 10.0. The van der Waals surface area contributed by atoms with Crippen molar-refractivity contribution in [1.29, 1.82) is 0 Å². The zero-order valence-electron chi connectivity index (χ0n) is 16.5. The first-order valence-electron chi connectivity index (χ1n) is 9.09. The lowest BCUT2D eigenvalue weighted by molar-refractivity contribution is -0.385. The summed E-state index contributed by atoms with van der Waals surface area (Å²) in [6.45, 7) is 5.06. The van der Waals surface area contributed by atoms with Crippen LogP contribution in [0.15, 0.2) is 49.1 Å². The maximum Gasteiger partial charge on any atom is 0.420 e. The number of carboxylic acid groups (broad SMARTS) is 1. The number of aromatic nitrogens is 1. The van der Waals surface area contributed by atoms with Crippen molar-refractivity contribution in [3.05, 3.63) is 76.0 Å². The van der Waals surface area contributed by atoms with Gasteiger partial charge in [0, 0.05) is 12.6 Å². The second-order valence-electron chi connectivity index (χ2n) is 6.45. The van der Waals surface area contributed by atoms with Crippen LogP contribution in [0.5, 0.6) is 0 Å². The van der Waals surface area contributed by atoms with E-state index < -0.39 is 46.1 Å². The molecular weight excluding hydrogens is 419 g/mol. The van der Waals surface area contributed by atoms with E-state index in [-0.39, 0.29) is 25.6 Å². The standard InChI is InChI=1S/C20H20F3N3O5/c1-3-4-10-25(13(2)31-12-14-8-6-5-7-9-14)18-15(20(21,22)23)11-16(26(29)30)17(24-18)19(27)28/h3,5-9,11,13H,1,4,10,12H2,2H3,(H,27,28). The zero-order valence-corrected chi connectivity index (χ0v) is 16.5. The molecular formula is C20H20F3N3O5. The molecule has 11 heteroatoms. The number of halogens is 3. The summed E-state index contributed by atoms with van der Waals surface area (Å²) in [6, 6.07) is 9.09. The molecule has 1 unspecified atom stereocenters. The Balaban J connectivity index is 2.54. The largest absolute Gasteiger partial charge is 0.476 e. The van der Waals surface area contributed by atoms with Crippen LogP contribution in [0.3, 0.4) is 0 Å². The minimum absolute atomic E-state index is 0.0353. The summed E-state index contributed by atoms with van der Waals surface area (Å²) in [7, 11) is 0. The van der Waals surface area contributed by atoms with E-state index >= 15 is 0 Å². The van der Waals surface area contributed by atoms with E-state index in [0.717, 1.165) is 10.5 Å². The lowest BCUT2D eigenvalue weighted by Gasteiger charge is -2.32. The molecule has 8 nitrogen and oxygen atoms in total. The summed E-state index contributed by atoms with van der Waals surface area (Å²) in [6.07, 6.45) is -4.28. The van der Waals surface area contributed by atoms with Gasteiger partial charge in [0.15, 0.2) is 0 Å². The Morgan fingerprint density at radius 2 is 2.03 bits per heavy atom. The van der Waals surface area contributed by atoms with Gasteiger partial charge in [-0.3, -0.25) is 10.1 Å². The molecule has 166 valence electrons. The molecule has 0 saturated heterocycles. The number of pyridine rings is 1. The Morgan fingerprint density at radius 1 is 1.39 bits per heavy atom. The van der Waals surface area contributed by atoms with Crippen molar-refractivity contribution in [2.45, 2.75) is 32.4 Å². The molecule has 1 aromatic carbocycles. The van der Waals surface area contributed by atoms with Gasteiger partial charge in [-0.1, -0.05) is 36.4 Å². The number of nitro groups is 1. The normalized spacial score (nSPS) is 12.3. The van der Waals surface area contributed by atoms with Crippen LogP contribution >= 0.6 is 0 Å². The molecule has 1 N–H and O–H groups in total. The van der Waals surface area contributed by atoms with Crippen LogP contribution < -0.4 is 4.90 Å². The van der Waals surface area contributed by atoms with Gasteiger partial charge in [0.1, 0.15) is 17.6 Å². The fraction of sp³-hybridized carbons (Fsp3) is 0.300. The molecule has 0 aliphatic carbocycles. The summed E-state index contributed by atoms with van der Waals surface area (Å²) < 4.78 is 46.9. The minimum atomic E-state index is -5.02. The number of benzene rings is 1. The van der Waals surface area contributed by atoms with Gasteiger partial charge in [0.25, 0.3) is 0 Å². The number of anilines is 1. The van der Waals surface area contributed by atoms with Crippen LogP contribution in [0.25, 0.3) is 0 Å². The van der Waals surface area contributed by atoms with E-state index in [1.54, 1.807) is 30.3 Å². The fourth-order valence-electron chi connectivity index (χ4n) is 2.79. The molecule has 0 aliphatic heterocycles. The average Bonchev–Trinajstić information content (AvgIpc) is 2.71. The quantitative estimate of drug-likeness (QED) is 0.249. The lowest BCUT2D eigenvalue weighted by Crippen LogP contribution is -2.38. The highest BCUT2D eigenvalue weighted by atomic mass is 19.4. The van der Waals surface area contributed by atoms with Crippen LogP contribution in [0.2, 0.25) is 0 Å². The number of rotatable bonds is 10. The molecule has 1 atom stereocenters. The number of nitrogens with zero attached hydrogens (tertiary/aromatic N) is 3. The molecule has 2 rings (SSSR count). The zero-order chi connectivity index (χ0) is 23.2. The predicted molar refractivity (Wildman–Crippen MR) is 106 cm³/mol. The number of carbonyl (C=O) groups is 1. The number of ether oxygens (including phenoxy) is 1. The third kappa shape index (κ3) is 6.01. The lowest BCUT2D eigenvalue weighted by atomic mass is 10.1. The van der Waals surface area contributed by atoms with Gasteiger partial charge in [0.2, 0.25) is 5.69 Å². The monoisotopic (exact) mass is 439 g/mol. The van der Waals surface area contributed by atoms with Crippen molar-refractivity contribution < 1.29 is 32.7 Å². The van der Waals surface area contributed by atoms with Crippen LogP contribution in [0.4, 0.5) is 24.7 Å². The van der Waals surface area contributed by atoms with Gasteiger partial charge < -0.3 is 14.7 Å². The van der Waals surface area contributed by atoms with Crippen LogP contribution in [0, 0.1) is 10.1 Å². The summed E-state index contributed by atoms with van der Waals surface area (Å²) in [5.74, 6) is -2.58. The molecule has 0 saturated carbocycles. The second-order valence-corrected chi connectivity index (χ2v) is 6.45. The Labute approximate surface area is 175 Å². The van der Waals surface area contributed by atoms with E-state index in [1.165, 1.54) is 13.0 Å². The summed E-state index contributed by atoms with van der Waals surface area (Å²) in [4.78, 5) is 26.0. The van der Waals surface area contributed by atoms with Gasteiger partial charge in [-0.05, 0) is 18.9 Å². The molecule has 0 amide bonds. The molecule has 2 aromatic rings. The minimum Gasteiger partial charge on any atom is -0.476 e. The summed E-state index contributed by atoms with van der Waals surface area (Å²) in [5, 5.41) is 20.4. The average molecular weight is 439 g/mol. The van der Waals surface area contributed by atoms with Crippen LogP contribution in [-0.2, 0) is 17.5 Å². The Kier molecular flexibility index (Phi) is 7.70. The van der Waals surface area contributed by atoms with Gasteiger partial charge in [0.05, 0.1) is 11.5 Å². The Hall–Kier alpha value is -3.47.